The Hall–Kier alpha value is -3.68. The van der Waals surface area contributed by atoms with Crippen molar-refractivity contribution >= 4 is 11.9 Å². The molecule has 0 aromatic heterocycles. The van der Waals surface area contributed by atoms with Gasteiger partial charge in [0.2, 0.25) is 5.91 Å². The number of hydrogen-bond acceptors (Lipinski definition) is 10. The third kappa shape index (κ3) is 51.5. The van der Waals surface area contributed by atoms with Crippen molar-refractivity contribution in [2.24, 2.45) is 0 Å². The van der Waals surface area contributed by atoms with Crippen LogP contribution in [0.5, 0.6) is 0 Å². The molecule has 1 fully saturated rings. The summed E-state index contributed by atoms with van der Waals surface area (Å²) in [5.41, 5.74) is 0. The summed E-state index contributed by atoms with van der Waals surface area (Å²) in [4.78, 5) is 26.7. The first-order valence-electron chi connectivity index (χ1n) is 36.7. The van der Waals surface area contributed by atoms with Gasteiger partial charge in [0.1, 0.15) is 24.4 Å². The number of allylic oxidation sites excluding steroid dienone is 17. The minimum absolute atomic E-state index is 0.111. The maximum Gasteiger partial charge on any atom is 0.306 e. The highest BCUT2D eigenvalue weighted by Gasteiger charge is 2.47. The molecule has 0 aromatic rings. The number of amides is 1. The van der Waals surface area contributed by atoms with Crippen molar-refractivity contribution in [3.63, 3.8) is 0 Å². The molecule has 1 rings (SSSR count). The molecule has 11 heteroatoms. The Kier molecular flexibility index (Phi) is 60.3. The number of aliphatic hydroxyl groups is 5. The lowest BCUT2D eigenvalue weighted by Gasteiger charge is -2.41. The Morgan fingerprint density at radius 3 is 1.18 bits per heavy atom. The van der Waals surface area contributed by atoms with E-state index in [0.29, 0.717) is 12.8 Å². The summed E-state index contributed by atoms with van der Waals surface area (Å²) in [6.07, 6.45) is 78.3. The van der Waals surface area contributed by atoms with Gasteiger partial charge in [-0.15, -0.1) is 0 Å². The van der Waals surface area contributed by atoms with Gasteiger partial charge in [0.25, 0.3) is 0 Å². The zero-order valence-corrected chi connectivity index (χ0v) is 57.0. The minimum atomic E-state index is -1.62. The monoisotopic (exact) mass is 1250 g/mol. The highest BCUT2D eigenvalue weighted by atomic mass is 16.7. The molecule has 6 N–H and O–H groups in total. The number of ether oxygens (including phenoxy) is 3. The normalized spacial score (nSPS) is 18.8. The van der Waals surface area contributed by atoms with Gasteiger partial charge in [-0.1, -0.05) is 297 Å². The number of nitrogens with one attached hydrogen (secondary N) is 1. The second-order valence-corrected chi connectivity index (χ2v) is 25.0. The molecule has 11 nitrogen and oxygen atoms in total. The Balaban J connectivity index is 2.56. The first-order valence-corrected chi connectivity index (χ1v) is 36.7. The highest BCUT2D eigenvalue weighted by molar-refractivity contribution is 5.80. The fourth-order valence-corrected chi connectivity index (χ4v) is 10.9. The van der Waals surface area contributed by atoms with E-state index in [1.54, 1.807) is 6.08 Å². The molecule has 512 valence electrons. The number of hydrogen-bond donors (Lipinski definition) is 6. The Bertz CT molecular complexity index is 1870. The van der Waals surface area contributed by atoms with E-state index < -0.39 is 67.4 Å². The molecule has 1 amide bonds. The van der Waals surface area contributed by atoms with Crippen molar-refractivity contribution in [1.82, 2.24) is 5.32 Å². The van der Waals surface area contributed by atoms with E-state index in [1.165, 1.54) is 148 Å². The fourth-order valence-electron chi connectivity index (χ4n) is 10.9. The van der Waals surface area contributed by atoms with Crippen LogP contribution < -0.4 is 5.32 Å². The van der Waals surface area contributed by atoms with Crippen molar-refractivity contribution in [1.29, 1.82) is 0 Å². The molecular formula is C78H135NO10. The molecule has 0 radical (unpaired) electrons. The van der Waals surface area contributed by atoms with Gasteiger partial charge in [-0.2, -0.15) is 0 Å². The average Bonchev–Trinajstić information content (AvgIpc) is 3.71. The molecule has 0 bridgehead atoms. The molecule has 1 saturated heterocycles. The van der Waals surface area contributed by atoms with Crippen LogP contribution in [0.1, 0.15) is 310 Å². The van der Waals surface area contributed by atoms with Crippen LogP contribution in [0.3, 0.4) is 0 Å². The van der Waals surface area contributed by atoms with Gasteiger partial charge < -0.3 is 45.1 Å². The van der Waals surface area contributed by atoms with Gasteiger partial charge in [0.15, 0.2) is 12.4 Å². The van der Waals surface area contributed by atoms with Crippen LogP contribution in [-0.2, 0) is 23.8 Å². The summed E-state index contributed by atoms with van der Waals surface area (Å²) in [7, 11) is 0. The van der Waals surface area contributed by atoms with Gasteiger partial charge in [-0.3, -0.25) is 9.59 Å². The lowest BCUT2D eigenvalue weighted by atomic mass is 9.99. The summed E-state index contributed by atoms with van der Waals surface area (Å²) >= 11 is 0. The maximum absolute atomic E-state index is 13.5. The third-order valence-electron chi connectivity index (χ3n) is 16.6. The Labute approximate surface area is 545 Å². The molecule has 1 heterocycles. The predicted octanol–water partition coefficient (Wildman–Crippen LogP) is 19.2. The van der Waals surface area contributed by atoms with Gasteiger partial charge in [-0.05, 0) is 116 Å². The average molecular weight is 1250 g/mol. The Morgan fingerprint density at radius 1 is 0.438 bits per heavy atom. The smallest absolute Gasteiger partial charge is 0.306 e. The van der Waals surface area contributed by atoms with Crippen LogP contribution in [0.4, 0.5) is 0 Å². The summed E-state index contributed by atoms with van der Waals surface area (Å²) in [5.74, 6) is -1.21. The van der Waals surface area contributed by atoms with Crippen LogP contribution in [0, 0.1) is 0 Å². The van der Waals surface area contributed by atoms with Crippen molar-refractivity contribution in [2.45, 2.75) is 359 Å². The topological polar surface area (TPSA) is 175 Å². The number of esters is 1. The second-order valence-electron chi connectivity index (χ2n) is 25.0. The van der Waals surface area contributed by atoms with E-state index in [4.69, 9.17) is 14.2 Å². The number of carbonyl (C=O) groups excluding carboxylic acids is 2. The Morgan fingerprint density at radius 2 is 0.775 bits per heavy atom. The van der Waals surface area contributed by atoms with E-state index >= 15 is 0 Å². The summed E-state index contributed by atoms with van der Waals surface area (Å²) < 4.78 is 17.7. The van der Waals surface area contributed by atoms with E-state index in [2.05, 4.69) is 123 Å². The van der Waals surface area contributed by atoms with E-state index in [-0.39, 0.29) is 19.4 Å². The lowest BCUT2D eigenvalue weighted by molar-refractivity contribution is -0.305. The number of aliphatic hydroxyl groups excluding tert-OH is 5. The van der Waals surface area contributed by atoms with Gasteiger partial charge in [-0.25, -0.2) is 0 Å². The first-order chi connectivity index (χ1) is 43.7. The summed E-state index contributed by atoms with van der Waals surface area (Å²) in [5, 5.41) is 57.3. The van der Waals surface area contributed by atoms with E-state index in [9.17, 15) is 35.1 Å². The zero-order chi connectivity index (χ0) is 64.6. The standard InChI is InChI=1S/C78H135NO10/c1-4-7-10-13-16-19-22-24-26-28-30-32-34-36-38-40-42-44-46-48-51-54-57-60-63-66-73(83)89-76-75(85)74(84)72(67-80)88-78(76)87-68-69(70(81)64-61-58-55-52-49-21-18-15-12-9-6-3)79-77(86)71(82)65-62-59-56-53-50-47-45-43-41-39-37-35-33-31-29-27-25-23-20-17-14-11-8-5-2/h16-17,19-20,24-27,30-33,36-39,61,64,69-72,74-76,78,80-82,84-85H,4-15,18,21-23,28-29,34-35,40-60,62-63,65-68H2,1-3H3,(H,79,86)/b19-16-,20-17-,26-24-,27-25-,32-30-,33-31-,38-36-,39-37-,64-61+. The van der Waals surface area contributed by atoms with Gasteiger partial charge in [0, 0.05) is 6.42 Å². The quantitative estimate of drug-likeness (QED) is 0.0195. The van der Waals surface area contributed by atoms with Crippen LogP contribution in [0.25, 0.3) is 0 Å². The second kappa shape index (κ2) is 64.4. The molecule has 1 aliphatic rings. The summed E-state index contributed by atoms with van der Waals surface area (Å²) in [6.45, 7) is 5.74. The van der Waals surface area contributed by atoms with Gasteiger partial charge >= 0.3 is 5.97 Å². The third-order valence-corrected chi connectivity index (χ3v) is 16.6. The SMILES string of the molecule is CCCCC/C=C\C/C=C\C/C=C\C/C=C\CCCCCCCCCCCC(=O)OC1C(OCC(NC(=O)C(O)CCCCCCCCCC/C=C\C/C=C\C/C=C\C/C=C\CCCCC)C(O)/C=C/CCCCCCCCCCC)OC(CO)C(O)C1O. The fraction of sp³-hybridized carbons (Fsp3) is 0.744. The minimum Gasteiger partial charge on any atom is -0.454 e. The number of rotatable bonds is 62. The maximum atomic E-state index is 13.5. The molecule has 0 aromatic carbocycles. The lowest BCUT2D eigenvalue weighted by Crippen LogP contribution is -2.61. The molecule has 1 aliphatic heterocycles. The molecule has 8 atom stereocenters. The van der Waals surface area contributed by atoms with E-state index in [0.717, 1.165) is 116 Å². The molecule has 8 unspecified atom stereocenters. The first kappa shape index (κ1) is 83.3. The molecular weight excluding hydrogens is 1110 g/mol. The van der Waals surface area contributed by atoms with Crippen LogP contribution >= 0.6 is 0 Å². The van der Waals surface area contributed by atoms with Crippen LogP contribution in [0.15, 0.2) is 109 Å². The largest absolute Gasteiger partial charge is 0.454 e. The van der Waals surface area contributed by atoms with Gasteiger partial charge in [0.05, 0.1) is 25.4 Å². The summed E-state index contributed by atoms with van der Waals surface area (Å²) in [6, 6.07) is -1.04. The molecule has 89 heavy (non-hydrogen) atoms. The molecule has 0 saturated carbocycles. The van der Waals surface area contributed by atoms with Crippen LogP contribution in [0.2, 0.25) is 0 Å². The van der Waals surface area contributed by atoms with Crippen molar-refractivity contribution in [3.05, 3.63) is 109 Å². The van der Waals surface area contributed by atoms with Crippen molar-refractivity contribution < 1.29 is 49.3 Å². The van der Waals surface area contributed by atoms with E-state index in [1.807, 2.05) is 6.08 Å². The zero-order valence-electron chi connectivity index (χ0n) is 57.0. The predicted molar refractivity (Wildman–Crippen MR) is 375 cm³/mol. The van der Waals surface area contributed by atoms with Crippen molar-refractivity contribution in [3.8, 4) is 0 Å². The highest BCUT2D eigenvalue weighted by Crippen LogP contribution is 2.26. The number of carbonyl (C=O) groups is 2. The van der Waals surface area contributed by atoms with Crippen LogP contribution in [-0.4, -0.2) is 99.6 Å². The molecule has 0 spiro atoms. The molecule has 0 aliphatic carbocycles. The number of unbranched alkanes of at least 4 members (excludes halogenated alkanes) is 32. The van der Waals surface area contributed by atoms with Crippen molar-refractivity contribution in [2.75, 3.05) is 13.2 Å².